The molecule has 1 saturated heterocycles. The van der Waals surface area contributed by atoms with Crippen molar-refractivity contribution in [3.8, 4) is 5.75 Å². The fourth-order valence-corrected chi connectivity index (χ4v) is 5.44. The molecular weight excluding hydrogens is 464 g/mol. The standard InChI is InChI=1S/C15H21Br3N2O/c1-9(2)7-12(20-5-3-19-4-6-20)13-10(16)8-11(17)15(21)14(13)18/h8-9,12,19,21H,3-7H2,1-2H3/t12-/m1/s1. The summed E-state index contributed by atoms with van der Waals surface area (Å²) in [4.78, 5) is 2.51. The summed E-state index contributed by atoms with van der Waals surface area (Å²) in [5.74, 6) is 0.867. The van der Waals surface area contributed by atoms with Crippen molar-refractivity contribution < 1.29 is 5.11 Å². The van der Waals surface area contributed by atoms with Crippen LogP contribution in [0.2, 0.25) is 0 Å². The lowest BCUT2D eigenvalue weighted by atomic mass is 9.95. The molecule has 0 unspecified atom stereocenters. The Kier molecular flexibility index (Phi) is 6.56. The van der Waals surface area contributed by atoms with Crippen molar-refractivity contribution in [1.29, 1.82) is 0 Å². The Bertz CT molecular complexity index is 502. The van der Waals surface area contributed by atoms with Gasteiger partial charge in [0.1, 0.15) is 5.75 Å². The molecule has 0 bridgehead atoms. The van der Waals surface area contributed by atoms with Gasteiger partial charge in [0.2, 0.25) is 0 Å². The number of hydrogen-bond acceptors (Lipinski definition) is 3. The highest BCUT2D eigenvalue weighted by Crippen LogP contribution is 2.45. The summed E-state index contributed by atoms with van der Waals surface area (Å²) >= 11 is 10.7. The molecule has 1 aromatic rings. The first-order valence-electron chi connectivity index (χ1n) is 7.23. The van der Waals surface area contributed by atoms with E-state index in [1.807, 2.05) is 6.07 Å². The summed E-state index contributed by atoms with van der Waals surface area (Å²) < 4.78 is 2.52. The highest BCUT2D eigenvalue weighted by atomic mass is 79.9. The molecule has 0 spiro atoms. The number of nitrogens with one attached hydrogen (secondary N) is 1. The quantitative estimate of drug-likeness (QED) is 0.651. The number of phenols is 1. The molecule has 21 heavy (non-hydrogen) atoms. The number of rotatable bonds is 4. The van der Waals surface area contributed by atoms with E-state index in [1.54, 1.807) is 0 Å². The molecule has 0 saturated carbocycles. The predicted octanol–water partition coefficient (Wildman–Crippen LogP) is 4.67. The third-order valence-electron chi connectivity index (χ3n) is 3.80. The third-order valence-corrected chi connectivity index (χ3v) is 5.86. The van der Waals surface area contributed by atoms with Crippen LogP contribution in [-0.4, -0.2) is 36.2 Å². The van der Waals surface area contributed by atoms with E-state index in [4.69, 9.17) is 0 Å². The van der Waals surface area contributed by atoms with Gasteiger partial charge in [-0.25, -0.2) is 0 Å². The number of aromatic hydroxyl groups is 1. The number of piperazine rings is 1. The first-order chi connectivity index (χ1) is 9.91. The maximum atomic E-state index is 10.2. The molecule has 2 rings (SSSR count). The first-order valence-corrected chi connectivity index (χ1v) is 9.60. The lowest BCUT2D eigenvalue weighted by Gasteiger charge is -2.37. The van der Waals surface area contributed by atoms with E-state index in [0.717, 1.165) is 47.1 Å². The molecule has 118 valence electrons. The Morgan fingerprint density at radius 3 is 2.38 bits per heavy atom. The molecule has 1 heterocycles. The molecule has 0 aromatic heterocycles. The molecule has 1 fully saturated rings. The van der Waals surface area contributed by atoms with Gasteiger partial charge in [-0.2, -0.15) is 0 Å². The van der Waals surface area contributed by atoms with Crippen LogP contribution in [0.4, 0.5) is 0 Å². The Morgan fingerprint density at radius 2 is 1.81 bits per heavy atom. The molecule has 1 aromatic carbocycles. The Morgan fingerprint density at radius 1 is 1.19 bits per heavy atom. The van der Waals surface area contributed by atoms with Gasteiger partial charge in [-0.15, -0.1) is 0 Å². The smallest absolute Gasteiger partial charge is 0.144 e. The highest BCUT2D eigenvalue weighted by Gasteiger charge is 2.28. The summed E-state index contributed by atoms with van der Waals surface area (Å²) in [5, 5.41) is 13.6. The minimum absolute atomic E-state index is 0.275. The number of nitrogens with zero attached hydrogens (tertiary/aromatic N) is 1. The van der Waals surface area contributed by atoms with Gasteiger partial charge in [-0.3, -0.25) is 4.90 Å². The van der Waals surface area contributed by atoms with Crippen LogP contribution in [0, 0.1) is 5.92 Å². The van der Waals surface area contributed by atoms with E-state index in [1.165, 1.54) is 0 Å². The summed E-state index contributed by atoms with van der Waals surface area (Å²) in [6.45, 7) is 8.60. The molecule has 3 nitrogen and oxygen atoms in total. The zero-order chi connectivity index (χ0) is 15.6. The van der Waals surface area contributed by atoms with Crippen LogP contribution in [0.15, 0.2) is 19.5 Å². The van der Waals surface area contributed by atoms with E-state index >= 15 is 0 Å². The van der Waals surface area contributed by atoms with E-state index in [9.17, 15) is 5.11 Å². The highest BCUT2D eigenvalue weighted by molar-refractivity contribution is 9.11. The Labute approximate surface area is 151 Å². The minimum atomic E-state index is 0.275. The molecule has 1 aliphatic rings. The van der Waals surface area contributed by atoms with Crippen LogP contribution >= 0.6 is 47.8 Å². The maximum Gasteiger partial charge on any atom is 0.144 e. The van der Waals surface area contributed by atoms with E-state index < -0.39 is 0 Å². The van der Waals surface area contributed by atoms with Gasteiger partial charge >= 0.3 is 0 Å². The predicted molar refractivity (Wildman–Crippen MR) is 97.8 cm³/mol. The first kappa shape index (κ1) is 17.7. The molecular formula is C15H21Br3N2O. The van der Waals surface area contributed by atoms with Crippen LogP contribution < -0.4 is 5.32 Å². The topological polar surface area (TPSA) is 35.5 Å². The summed E-state index contributed by atoms with van der Waals surface area (Å²) in [7, 11) is 0. The fraction of sp³-hybridized carbons (Fsp3) is 0.600. The van der Waals surface area contributed by atoms with Gasteiger partial charge in [0.25, 0.3) is 0 Å². The van der Waals surface area contributed by atoms with Crippen molar-refractivity contribution in [1.82, 2.24) is 10.2 Å². The minimum Gasteiger partial charge on any atom is -0.506 e. The maximum absolute atomic E-state index is 10.2. The lowest BCUT2D eigenvalue weighted by Crippen LogP contribution is -2.45. The Balaban J connectivity index is 2.43. The van der Waals surface area contributed by atoms with Gasteiger partial charge in [0, 0.05) is 42.3 Å². The molecule has 6 heteroatoms. The monoisotopic (exact) mass is 482 g/mol. The van der Waals surface area contributed by atoms with Crippen molar-refractivity contribution in [2.24, 2.45) is 5.92 Å². The van der Waals surface area contributed by atoms with Gasteiger partial charge < -0.3 is 10.4 Å². The number of hydrogen-bond donors (Lipinski definition) is 2. The van der Waals surface area contributed by atoms with Crippen molar-refractivity contribution in [3.05, 3.63) is 25.0 Å². The fourth-order valence-electron chi connectivity index (χ4n) is 2.79. The Hall–Kier alpha value is 0.380. The summed E-state index contributed by atoms with van der Waals surface area (Å²) in [6, 6.07) is 2.24. The molecule has 0 radical (unpaired) electrons. The average molecular weight is 485 g/mol. The van der Waals surface area contributed by atoms with E-state index in [-0.39, 0.29) is 5.75 Å². The average Bonchev–Trinajstić information content (AvgIpc) is 2.44. The van der Waals surface area contributed by atoms with Crippen LogP contribution in [0.1, 0.15) is 31.9 Å². The number of phenolic OH excluding ortho intramolecular Hbond substituents is 1. The van der Waals surface area contributed by atoms with Crippen LogP contribution in [-0.2, 0) is 0 Å². The lowest BCUT2D eigenvalue weighted by molar-refractivity contribution is 0.153. The second-order valence-electron chi connectivity index (χ2n) is 5.85. The second kappa shape index (κ2) is 7.77. The van der Waals surface area contributed by atoms with Crippen LogP contribution in [0.3, 0.4) is 0 Å². The van der Waals surface area contributed by atoms with Gasteiger partial charge in [0.05, 0.1) is 8.95 Å². The van der Waals surface area contributed by atoms with Crippen LogP contribution in [0.25, 0.3) is 0 Å². The van der Waals surface area contributed by atoms with Crippen LogP contribution in [0.5, 0.6) is 5.75 Å². The molecule has 2 N–H and O–H groups in total. The van der Waals surface area contributed by atoms with Crippen molar-refractivity contribution in [2.45, 2.75) is 26.3 Å². The van der Waals surface area contributed by atoms with E-state index in [2.05, 4.69) is 71.9 Å². The zero-order valence-electron chi connectivity index (χ0n) is 12.3. The largest absolute Gasteiger partial charge is 0.506 e. The molecule has 0 amide bonds. The van der Waals surface area contributed by atoms with Crippen molar-refractivity contribution in [3.63, 3.8) is 0 Å². The third kappa shape index (κ3) is 4.22. The summed E-state index contributed by atoms with van der Waals surface area (Å²) in [6.07, 6.45) is 1.07. The SMILES string of the molecule is CC(C)C[C@H](c1c(Br)cc(Br)c(O)c1Br)N1CCNCC1. The van der Waals surface area contributed by atoms with Crippen molar-refractivity contribution in [2.75, 3.05) is 26.2 Å². The second-order valence-corrected chi connectivity index (χ2v) is 8.35. The van der Waals surface area contributed by atoms with E-state index in [0.29, 0.717) is 16.4 Å². The van der Waals surface area contributed by atoms with Crippen molar-refractivity contribution >= 4 is 47.8 Å². The molecule has 0 aliphatic carbocycles. The number of benzene rings is 1. The van der Waals surface area contributed by atoms with Gasteiger partial charge in [0.15, 0.2) is 0 Å². The molecule has 1 atom stereocenters. The van der Waals surface area contributed by atoms with Gasteiger partial charge in [-0.05, 0) is 50.3 Å². The zero-order valence-corrected chi connectivity index (χ0v) is 17.1. The van der Waals surface area contributed by atoms with Gasteiger partial charge in [-0.1, -0.05) is 29.8 Å². The normalized spacial score (nSPS) is 18.2. The summed E-state index contributed by atoms with van der Waals surface area (Å²) in [5.41, 5.74) is 1.14. The number of halogens is 3. The molecule has 1 aliphatic heterocycles.